The molecule has 1 aliphatic carbocycles. The molecular formula is C18H20ClNO3S2. The van der Waals surface area contributed by atoms with E-state index in [1.54, 1.807) is 25.1 Å². The van der Waals surface area contributed by atoms with Gasteiger partial charge in [-0.1, -0.05) is 29.8 Å². The molecule has 0 fully saturated rings. The van der Waals surface area contributed by atoms with Gasteiger partial charge in [0.15, 0.2) is 0 Å². The van der Waals surface area contributed by atoms with Gasteiger partial charge in [-0.05, 0) is 43.7 Å². The highest BCUT2D eigenvalue weighted by Crippen LogP contribution is 2.42. The Morgan fingerprint density at radius 1 is 1.36 bits per heavy atom. The maximum atomic E-state index is 12.3. The Balaban J connectivity index is 1.85. The van der Waals surface area contributed by atoms with Crippen LogP contribution in [0, 0.1) is 5.92 Å². The highest BCUT2D eigenvalue weighted by atomic mass is 35.5. The van der Waals surface area contributed by atoms with E-state index in [0.29, 0.717) is 22.2 Å². The predicted octanol–water partition coefficient (Wildman–Crippen LogP) is 3.80. The summed E-state index contributed by atoms with van der Waals surface area (Å²) >= 11 is 7.35. The van der Waals surface area contributed by atoms with Crippen LogP contribution in [0.25, 0.3) is 0 Å². The Bertz CT molecular complexity index is 855. The zero-order valence-corrected chi connectivity index (χ0v) is 16.4. The summed E-state index contributed by atoms with van der Waals surface area (Å²) in [7, 11) is -3.52. The van der Waals surface area contributed by atoms with E-state index in [0.717, 1.165) is 11.3 Å². The molecule has 0 saturated carbocycles. The van der Waals surface area contributed by atoms with Gasteiger partial charge in [-0.15, -0.1) is 11.8 Å². The van der Waals surface area contributed by atoms with E-state index in [2.05, 4.69) is 0 Å². The van der Waals surface area contributed by atoms with E-state index < -0.39 is 15.6 Å². The van der Waals surface area contributed by atoms with Crippen molar-refractivity contribution in [2.24, 2.45) is 5.92 Å². The van der Waals surface area contributed by atoms with Gasteiger partial charge in [0.05, 0.1) is 12.0 Å². The fourth-order valence-corrected chi connectivity index (χ4v) is 5.25. The van der Waals surface area contributed by atoms with Crippen molar-refractivity contribution in [3.8, 4) is 0 Å². The number of hydrogen-bond acceptors (Lipinski definition) is 4. The quantitative estimate of drug-likeness (QED) is 0.767. The minimum absolute atomic E-state index is 0.0123. The van der Waals surface area contributed by atoms with Crippen LogP contribution in [0.1, 0.15) is 13.3 Å². The summed E-state index contributed by atoms with van der Waals surface area (Å²) in [5.41, 5.74) is -0.154. The molecule has 1 aliphatic heterocycles. The lowest BCUT2D eigenvalue weighted by Crippen LogP contribution is -2.40. The molecule has 1 aromatic carbocycles. The Morgan fingerprint density at radius 3 is 2.68 bits per heavy atom. The molecule has 0 radical (unpaired) electrons. The highest BCUT2D eigenvalue weighted by Gasteiger charge is 2.42. The monoisotopic (exact) mass is 397 g/mol. The summed E-state index contributed by atoms with van der Waals surface area (Å²) in [5.74, 6) is 0.321. The normalized spacial score (nSPS) is 22.2. The average molecular weight is 398 g/mol. The molecule has 0 bridgehead atoms. The molecule has 2 atom stereocenters. The fourth-order valence-electron chi connectivity index (χ4n) is 3.00. The topological polar surface area (TPSA) is 57.6 Å². The second kappa shape index (κ2) is 6.83. The molecule has 0 spiro atoms. The molecular weight excluding hydrogens is 378 g/mol. The van der Waals surface area contributed by atoms with Crippen LogP contribution in [0.15, 0.2) is 64.9 Å². The van der Waals surface area contributed by atoms with Crippen LogP contribution in [-0.2, 0) is 10.0 Å². The van der Waals surface area contributed by atoms with Crippen LogP contribution in [-0.4, -0.2) is 35.4 Å². The molecule has 1 heterocycles. The van der Waals surface area contributed by atoms with Crippen LogP contribution in [0.2, 0.25) is 5.02 Å². The second-order valence-corrected chi connectivity index (χ2v) is 9.77. The lowest BCUT2D eigenvalue weighted by Gasteiger charge is -2.32. The first-order valence-electron chi connectivity index (χ1n) is 7.88. The third-order valence-electron chi connectivity index (χ3n) is 4.20. The van der Waals surface area contributed by atoms with Crippen molar-refractivity contribution < 1.29 is 13.5 Å². The molecule has 4 nitrogen and oxygen atoms in total. The first-order valence-corrected chi connectivity index (χ1v) is 11.1. The first-order chi connectivity index (χ1) is 11.7. The summed E-state index contributed by atoms with van der Waals surface area (Å²) in [6.07, 6.45) is 9.45. The van der Waals surface area contributed by atoms with Gasteiger partial charge in [-0.2, -0.15) is 0 Å². The van der Waals surface area contributed by atoms with Crippen molar-refractivity contribution in [2.75, 3.05) is 12.0 Å². The minimum atomic E-state index is -3.52. The van der Waals surface area contributed by atoms with Crippen LogP contribution < -0.4 is 0 Å². The zero-order chi connectivity index (χ0) is 18.2. The molecule has 0 aromatic heterocycles. The fraction of sp³-hybridized carbons (Fsp3) is 0.333. The number of fused-ring (bicyclic) bond motifs is 1. The van der Waals surface area contributed by atoms with Gasteiger partial charge >= 0.3 is 0 Å². The number of benzene rings is 1. The Morgan fingerprint density at radius 2 is 2.04 bits per heavy atom. The first kappa shape index (κ1) is 18.6. The molecule has 7 heteroatoms. The minimum Gasteiger partial charge on any atom is -0.383 e. The number of sulfonamides is 1. The van der Waals surface area contributed by atoms with E-state index in [-0.39, 0.29) is 5.92 Å². The number of hydrogen-bond donors (Lipinski definition) is 1. The van der Waals surface area contributed by atoms with Crippen molar-refractivity contribution in [1.29, 1.82) is 0 Å². The smallest absolute Gasteiger partial charge is 0.236 e. The lowest BCUT2D eigenvalue weighted by atomic mass is 9.98. The van der Waals surface area contributed by atoms with Crippen LogP contribution >= 0.6 is 23.4 Å². The van der Waals surface area contributed by atoms with Gasteiger partial charge in [-0.3, -0.25) is 0 Å². The van der Waals surface area contributed by atoms with E-state index in [4.69, 9.17) is 11.6 Å². The predicted molar refractivity (Wildman–Crippen MR) is 103 cm³/mol. The van der Waals surface area contributed by atoms with Crippen LogP contribution in [0.4, 0.5) is 0 Å². The number of halogens is 1. The number of allylic oxidation sites excluding steroid dienone is 4. The number of aliphatic hydroxyl groups is 1. The van der Waals surface area contributed by atoms with E-state index in [9.17, 15) is 13.5 Å². The van der Waals surface area contributed by atoms with E-state index in [1.165, 1.54) is 22.3 Å². The Kier molecular flexibility index (Phi) is 5.08. The van der Waals surface area contributed by atoms with Crippen molar-refractivity contribution >= 4 is 33.4 Å². The molecule has 25 heavy (non-hydrogen) atoms. The molecule has 134 valence electrons. The average Bonchev–Trinajstić information content (AvgIpc) is 2.95. The third kappa shape index (κ3) is 3.97. The standard InChI is InChI=1S/C18H20ClNO3S2/c1-18(21,12-24-15-9-7-14(19)8-10-15)17-11-13-5-3-4-6-16(13)20(17)25(2,22)23/h3-4,6-11,13,21H,5,12H2,1-2H3. The highest BCUT2D eigenvalue weighted by molar-refractivity contribution is 7.99. The molecule has 1 N–H and O–H groups in total. The van der Waals surface area contributed by atoms with Gasteiger partial charge < -0.3 is 5.11 Å². The van der Waals surface area contributed by atoms with E-state index >= 15 is 0 Å². The summed E-state index contributed by atoms with van der Waals surface area (Å²) in [6.45, 7) is 1.66. The maximum Gasteiger partial charge on any atom is 0.236 e. The van der Waals surface area contributed by atoms with Crippen LogP contribution in [0.5, 0.6) is 0 Å². The lowest BCUT2D eigenvalue weighted by molar-refractivity contribution is 0.109. The molecule has 2 unspecified atom stereocenters. The van der Waals surface area contributed by atoms with Gasteiger partial charge in [0.1, 0.15) is 5.60 Å². The van der Waals surface area contributed by atoms with Crippen LogP contribution in [0.3, 0.4) is 0 Å². The third-order valence-corrected chi connectivity index (χ3v) is 6.84. The van der Waals surface area contributed by atoms with Crippen molar-refractivity contribution in [1.82, 2.24) is 4.31 Å². The number of nitrogens with zero attached hydrogens (tertiary/aromatic N) is 1. The van der Waals surface area contributed by atoms with Gasteiger partial charge in [-0.25, -0.2) is 12.7 Å². The Hall–Kier alpha value is -1.21. The molecule has 0 amide bonds. The largest absolute Gasteiger partial charge is 0.383 e. The van der Waals surface area contributed by atoms with Crippen molar-refractivity contribution in [3.05, 3.63) is 65.0 Å². The van der Waals surface area contributed by atoms with E-state index in [1.807, 2.05) is 30.4 Å². The summed E-state index contributed by atoms with van der Waals surface area (Å²) in [4.78, 5) is 0.965. The number of thioether (sulfide) groups is 1. The van der Waals surface area contributed by atoms with Gasteiger partial charge in [0, 0.05) is 27.3 Å². The molecule has 2 aliphatic rings. The molecule has 1 aromatic rings. The maximum absolute atomic E-state index is 12.3. The van der Waals surface area contributed by atoms with Crippen molar-refractivity contribution in [3.63, 3.8) is 0 Å². The van der Waals surface area contributed by atoms with Gasteiger partial charge in [0.25, 0.3) is 0 Å². The summed E-state index contributed by atoms with van der Waals surface area (Å²) < 4.78 is 26.0. The summed E-state index contributed by atoms with van der Waals surface area (Å²) in [5, 5.41) is 11.7. The van der Waals surface area contributed by atoms with Crippen molar-refractivity contribution in [2.45, 2.75) is 23.8 Å². The second-order valence-electron chi connectivity index (χ2n) is 6.46. The molecule has 0 saturated heterocycles. The SMILES string of the molecule is CC(O)(CSc1ccc(Cl)cc1)C1=CC2CC=CC=C2N1S(C)(=O)=O. The Labute approximate surface area is 157 Å². The number of rotatable bonds is 5. The van der Waals surface area contributed by atoms with Gasteiger partial charge in [0.2, 0.25) is 10.0 Å². The molecule has 3 rings (SSSR count). The summed E-state index contributed by atoms with van der Waals surface area (Å²) in [6, 6.07) is 7.35. The zero-order valence-electron chi connectivity index (χ0n) is 14.0.